The van der Waals surface area contributed by atoms with E-state index < -0.39 is 0 Å². The summed E-state index contributed by atoms with van der Waals surface area (Å²) in [6.07, 6.45) is 2.53. The summed E-state index contributed by atoms with van der Waals surface area (Å²) in [6.45, 7) is 14.0. The number of hydrogen-bond acceptors (Lipinski definition) is 4. The smallest absolute Gasteiger partial charge is 0.232 e. The molecule has 1 aliphatic rings. The lowest BCUT2D eigenvalue weighted by Gasteiger charge is -2.33. The minimum atomic E-state index is -0.123. The first kappa shape index (κ1) is 16.8. The van der Waals surface area contributed by atoms with Crippen molar-refractivity contribution in [2.45, 2.75) is 59.4 Å². The number of nitrogens with zero attached hydrogens (tertiary/aromatic N) is 4. The fourth-order valence-electron chi connectivity index (χ4n) is 2.58. The molecule has 0 spiro atoms. The third kappa shape index (κ3) is 4.45. The highest BCUT2D eigenvalue weighted by molar-refractivity contribution is 5.80. The zero-order valence-electron chi connectivity index (χ0n) is 14.5. The average molecular weight is 307 g/mol. The van der Waals surface area contributed by atoms with Crippen LogP contribution in [0.15, 0.2) is 9.52 Å². The number of aliphatic imine (C=N–C) groups is 1. The van der Waals surface area contributed by atoms with Crippen LogP contribution in [0, 0.1) is 5.92 Å². The largest absolute Gasteiger partial charge is 0.357 e. The van der Waals surface area contributed by atoms with Gasteiger partial charge in [0.05, 0.1) is 0 Å². The Bertz CT molecular complexity index is 503. The number of nitrogens with one attached hydrogen (secondary N) is 1. The van der Waals surface area contributed by atoms with Crippen LogP contribution in [0.4, 0.5) is 0 Å². The monoisotopic (exact) mass is 307 g/mol. The molecule has 1 aromatic rings. The lowest BCUT2D eigenvalue weighted by atomic mass is 9.97. The third-order valence-corrected chi connectivity index (χ3v) is 3.77. The summed E-state index contributed by atoms with van der Waals surface area (Å²) >= 11 is 0. The van der Waals surface area contributed by atoms with Gasteiger partial charge in [-0.2, -0.15) is 4.98 Å². The van der Waals surface area contributed by atoms with Crippen molar-refractivity contribution in [3.05, 3.63) is 11.7 Å². The topological polar surface area (TPSA) is 66.5 Å². The molecule has 124 valence electrons. The van der Waals surface area contributed by atoms with E-state index >= 15 is 0 Å². The second-order valence-electron chi connectivity index (χ2n) is 7.13. The van der Waals surface area contributed by atoms with E-state index in [0.29, 0.717) is 18.3 Å². The van der Waals surface area contributed by atoms with E-state index in [1.165, 1.54) is 12.8 Å². The zero-order chi connectivity index (χ0) is 16.2. The maximum atomic E-state index is 5.32. The Morgan fingerprint density at radius 2 is 2.23 bits per heavy atom. The van der Waals surface area contributed by atoms with E-state index in [1.807, 2.05) is 0 Å². The van der Waals surface area contributed by atoms with Gasteiger partial charge < -0.3 is 14.7 Å². The van der Waals surface area contributed by atoms with Gasteiger partial charge in [-0.25, -0.2) is 4.99 Å². The second-order valence-corrected chi connectivity index (χ2v) is 7.13. The summed E-state index contributed by atoms with van der Waals surface area (Å²) in [5.74, 6) is 2.98. The molecule has 6 heteroatoms. The summed E-state index contributed by atoms with van der Waals surface area (Å²) in [5.41, 5.74) is -0.123. The van der Waals surface area contributed by atoms with Crippen molar-refractivity contribution in [3.8, 4) is 0 Å². The lowest BCUT2D eigenvalue weighted by molar-refractivity contribution is 0.266. The molecular weight excluding hydrogens is 278 g/mol. The molecule has 0 radical (unpaired) electrons. The molecule has 6 nitrogen and oxygen atoms in total. The standard InChI is InChI=1S/C16H29N5O/c1-6-17-15(21-9-7-8-12(2)11-21)18-10-13-19-14(22-20-13)16(3,4)5/h12H,6-11H2,1-5H3,(H,17,18). The van der Waals surface area contributed by atoms with Crippen LogP contribution in [0.5, 0.6) is 0 Å². The van der Waals surface area contributed by atoms with Crippen LogP contribution >= 0.6 is 0 Å². The van der Waals surface area contributed by atoms with Gasteiger partial charge in [-0.3, -0.25) is 0 Å². The SMILES string of the molecule is CCNC(=NCc1noc(C(C)(C)C)n1)N1CCCC(C)C1. The van der Waals surface area contributed by atoms with Crippen LogP contribution in [0.2, 0.25) is 0 Å². The van der Waals surface area contributed by atoms with Gasteiger partial charge in [0.15, 0.2) is 11.8 Å². The highest BCUT2D eigenvalue weighted by Crippen LogP contribution is 2.20. The van der Waals surface area contributed by atoms with E-state index in [0.717, 1.165) is 31.5 Å². The van der Waals surface area contributed by atoms with E-state index in [4.69, 9.17) is 4.52 Å². The van der Waals surface area contributed by atoms with Crippen molar-refractivity contribution in [1.82, 2.24) is 20.4 Å². The van der Waals surface area contributed by atoms with Crippen LogP contribution in [-0.2, 0) is 12.0 Å². The Morgan fingerprint density at radius 3 is 2.82 bits per heavy atom. The molecule has 1 aromatic heterocycles. The molecule has 1 N–H and O–H groups in total. The Morgan fingerprint density at radius 1 is 1.45 bits per heavy atom. The van der Waals surface area contributed by atoms with E-state index in [1.54, 1.807) is 0 Å². The molecule has 0 aromatic carbocycles. The number of piperidine rings is 1. The maximum absolute atomic E-state index is 5.32. The summed E-state index contributed by atoms with van der Waals surface area (Å²) in [5, 5.41) is 7.41. The maximum Gasteiger partial charge on any atom is 0.232 e. The van der Waals surface area contributed by atoms with Gasteiger partial charge in [-0.1, -0.05) is 32.9 Å². The molecule has 0 aliphatic carbocycles. The number of guanidine groups is 1. The zero-order valence-corrected chi connectivity index (χ0v) is 14.5. The van der Waals surface area contributed by atoms with Crippen molar-refractivity contribution in [1.29, 1.82) is 0 Å². The first-order valence-corrected chi connectivity index (χ1v) is 8.26. The Balaban J connectivity index is 2.05. The van der Waals surface area contributed by atoms with Gasteiger partial charge >= 0.3 is 0 Å². The molecule has 1 unspecified atom stereocenters. The van der Waals surface area contributed by atoms with Gasteiger partial charge in [-0.05, 0) is 25.7 Å². The van der Waals surface area contributed by atoms with Gasteiger partial charge in [0.25, 0.3) is 0 Å². The Labute approximate surface area is 133 Å². The normalized spacial score (nSPS) is 20.3. The molecule has 22 heavy (non-hydrogen) atoms. The second kappa shape index (κ2) is 7.11. The van der Waals surface area contributed by atoms with E-state index in [-0.39, 0.29) is 5.41 Å². The average Bonchev–Trinajstić information content (AvgIpc) is 2.92. The highest BCUT2D eigenvalue weighted by Gasteiger charge is 2.22. The van der Waals surface area contributed by atoms with Gasteiger partial charge in [-0.15, -0.1) is 0 Å². The highest BCUT2D eigenvalue weighted by atomic mass is 16.5. The van der Waals surface area contributed by atoms with Crippen LogP contribution in [-0.4, -0.2) is 40.6 Å². The van der Waals surface area contributed by atoms with E-state index in [9.17, 15) is 0 Å². The molecule has 0 bridgehead atoms. The summed E-state index contributed by atoms with van der Waals surface area (Å²) in [6, 6.07) is 0. The van der Waals surface area contributed by atoms with Crippen LogP contribution < -0.4 is 5.32 Å². The Kier molecular flexibility index (Phi) is 5.42. The van der Waals surface area contributed by atoms with E-state index in [2.05, 4.69) is 60.0 Å². The van der Waals surface area contributed by atoms with Crippen molar-refractivity contribution < 1.29 is 4.52 Å². The molecule has 1 saturated heterocycles. The summed E-state index contributed by atoms with van der Waals surface area (Å²) in [4.78, 5) is 11.5. The first-order chi connectivity index (χ1) is 10.4. The predicted octanol–water partition coefficient (Wildman–Crippen LogP) is 2.56. The Hall–Kier alpha value is -1.59. The van der Waals surface area contributed by atoms with Crippen molar-refractivity contribution >= 4 is 5.96 Å². The molecule has 0 saturated carbocycles. The van der Waals surface area contributed by atoms with Crippen LogP contribution in [0.25, 0.3) is 0 Å². The molecule has 1 aliphatic heterocycles. The number of hydrogen-bond donors (Lipinski definition) is 1. The summed E-state index contributed by atoms with van der Waals surface area (Å²) in [7, 11) is 0. The molecule has 2 heterocycles. The predicted molar refractivity (Wildman–Crippen MR) is 87.8 cm³/mol. The van der Waals surface area contributed by atoms with Crippen molar-refractivity contribution in [2.24, 2.45) is 10.9 Å². The quantitative estimate of drug-likeness (QED) is 0.686. The first-order valence-electron chi connectivity index (χ1n) is 8.26. The van der Waals surface area contributed by atoms with Crippen LogP contribution in [0.3, 0.4) is 0 Å². The summed E-state index contributed by atoms with van der Waals surface area (Å²) < 4.78 is 5.32. The third-order valence-electron chi connectivity index (χ3n) is 3.77. The molecule has 2 rings (SSSR count). The lowest BCUT2D eigenvalue weighted by Crippen LogP contribution is -2.46. The number of likely N-dealkylation sites (tertiary alicyclic amines) is 1. The van der Waals surface area contributed by atoms with Crippen molar-refractivity contribution in [2.75, 3.05) is 19.6 Å². The van der Waals surface area contributed by atoms with Crippen LogP contribution in [0.1, 0.15) is 59.2 Å². The number of aromatic nitrogens is 2. The van der Waals surface area contributed by atoms with Gasteiger partial charge in [0.2, 0.25) is 5.89 Å². The fourth-order valence-corrected chi connectivity index (χ4v) is 2.58. The molecular formula is C16H29N5O. The minimum Gasteiger partial charge on any atom is -0.357 e. The molecule has 1 atom stereocenters. The minimum absolute atomic E-state index is 0.123. The van der Waals surface area contributed by atoms with Crippen molar-refractivity contribution in [3.63, 3.8) is 0 Å². The van der Waals surface area contributed by atoms with Gasteiger partial charge in [0, 0.05) is 25.0 Å². The molecule has 1 fully saturated rings. The number of rotatable bonds is 3. The fraction of sp³-hybridized carbons (Fsp3) is 0.812. The van der Waals surface area contributed by atoms with Gasteiger partial charge in [0.1, 0.15) is 6.54 Å². The molecule has 0 amide bonds.